The number of rotatable bonds is 6. The zero-order valence-electron chi connectivity index (χ0n) is 20.1. The molecule has 0 spiro atoms. The summed E-state index contributed by atoms with van der Waals surface area (Å²) in [4.78, 5) is 28.2. The van der Waals surface area contributed by atoms with Crippen LogP contribution in [0.15, 0.2) is 77.2 Å². The maximum absolute atomic E-state index is 13.5. The van der Waals surface area contributed by atoms with Gasteiger partial charge in [-0.2, -0.15) is 0 Å². The highest BCUT2D eigenvalue weighted by Gasteiger charge is 2.31. The lowest BCUT2D eigenvalue weighted by Gasteiger charge is -2.31. The van der Waals surface area contributed by atoms with E-state index in [1.165, 1.54) is 0 Å². The number of piperidine rings is 1. The average molecular weight is 499 g/mol. The van der Waals surface area contributed by atoms with Crippen LogP contribution in [0.2, 0.25) is 0 Å². The highest BCUT2D eigenvalue weighted by Crippen LogP contribution is 2.35. The molecule has 0 saturated carbocycles. The van der Waals surface area contributed by atoms with Gasteiger partial charge in [0.05, 0.1) is 0 Å². The molecule has 8 nitrogen and oxygen atoms in total. The maximum atomic E-state index is 13.5. The number of furan rings is 1. The number of carbonyl (C=O) groups excluding carboxylic acids is 2. The molecule has 3 aromatic carbocycles. The number of nitrogens with one attached hydrogen (secondary N) is 1. The molecule has 188 valence electrons. The van der Waals surface area contributed by atoms with Gasteiger partial charge in [0.15, 0.2) is 17.3 Å². The molecule has 0 unspecified atom stereocenters. The molecule has 0 aliphatic carbocycles. The zero-order chi connectivity index (χ0) is 25.2. The van der Waals surface area contributed by atoms with Gasteiger partial charge in [-0.05, 0) is 43.2 Å². The Labute approximate surface area is 213 Å². The molecular formula is C29H26N2O6. The molecule has 0 radical (unpaired) electrons. The lowest BCUT2D eigenvalue weighted by Crippen LogP contribution is -2.41. The fourth-order valence-electron chi connectivity index (χ4n) is 4.79. The van der Waals surface area contributed by atoms with Crippen molar-refractivity contribution in [1.29, 1.82) is 0 Å². The minimum Gasteiger partial charge on any atom is -0.489 e. The van der Waals surface area contributed by atoms with Crippen LogP contribution in [0.1, 0.15) is 29.0 Å². The molecule has 2 aliphatic heterocycles. The summed E-state index contributed by atoms with van der Waals surface area (Å²) in [6.45, 7) is 1.34. The number of para-hydroxylation sites is 2. The van der Waals surface area contributed by atoms with Crippen molar-refractivity contribution in [2.45, 2.75) is 19.4 Å². The average Bonchev–Trinajstić information content (AvgIpc) is 3.56. The number of carbonyl (C=O) groups is 2. The lowest BCUT2D eigenvalue weighted by atomic mass is 9.95. The second kappa shape index (κ2) is 9.89. The third-order valence-corrected chi connectivity index (χ3v) is 6.81. The van der Waals surface area contributed by atoms with Gasteiger partial charge in [0.2, 0.25) is 12.7 Å². The molecular weight excluding hydrogens is 472 g/mol. The van der Waals surface area contributed by atoms with Crippen molar-refractivity contribution in [3.05, 3.63) is 84.1 Å². The summed E-state index contributed by atoms with van der Waals surface area (Å²) in [5.41, 5.74) is 2.04. The first-order valence-corrected chi connectivity index (χ1v) is 12.3. The van der Waals surface area contributed by atoms with E-state index in [1.54, 1.807) is 23.1 Å². The minimum absolute atomic E-state index is 0.0633. The second-order valence-corrected chi connectivity index (χ2v) is 9.13. The number of ether oxygens (including phenoxy) is 3. The van der Waals surface area contributed by atoms with E-state index in [9.17, 15) is 9.59 Å². The third-order valence-electron chi connectivity index (χ3n) is 6.81. The Balaban J connectivity index is 1.12. The van der Waals surface area contributed by atoms with Crippen LogP contribution in [0.3, 0.4) is 0 Å². The van der Waals surface area contributed by atoms with Crippen LogP contribution in [0.25, 0.3) is 11.0 Å². The number of anilines is 1. The smallest absolute Gasteiger partial charge is 0.290 e. The minimum atomic E-state index is -0.189. The molecule has 0 atom stereocenters. The molecule has 0 bridgehead atoms. The number of hydrogen-bond acceptors (Lipinski definition) is 6. The van der Waals surface area contributed by atoms with Gasteiger partial charge in [-0.25, -0.2) is 0 Å². The number of nitrogens with zero attached hydrogens (tertiary/aromatic N) is 1. The molecule has 8 heteroatoms. The zero-order valence-corrected chi connectivity index (χ0v) is 20.1. The van der Waals surface area contributed by atoms with Crippen molar-refractivity contribution in [3.8, 4) is 17.2 Å². The fraction of sp³-hybridized carbons (Fsp3) is 0.241. The van der Waals surface area contributed by atoms with Crippen LogP contribution in [-0.4, -0.2) is 36.6 Å². The van der Waals surface area contributed by atoms with E-state index in [1.807, 2.05) is 54.6 Å². The SMILES string of the molecule is O=C(Nc1ccc2c(c1)OCO2)C1CCN(C(=O)c2oc3ccccc3c2COc2ccccc2)CC1. The molecule has 1 fully saturated rings. The molecule has 4 aromatic rings. The molecule has 1 N–H and O–H groups in total. The van der Waals surface area contributed by atoms with E-state index in [2.05, 4.69) is 5.32 Å². The molecule has 6 rings (SSSR count). The van der Waals surface area contributed by atoms with Gasteiger partial charge in [-0.1, -0.05) is 36.4 Å². The number of benzene rings is 3. The van der Waals surface area contributed by atoms with Crippen molar-refractivity contribution in [2.75, 3.05) is 25.2 Å². The summed E-state index contributed by atoms with van der Waals surface area (Å²) in [5, 5.41) is 3.82. The molecule has 3 heterocycles. The van der Waals surface area contributed by atoms with Crippen molar-refractivity contribution in [2.24, 2.45) is 5.92 Å². The van der Waals surface area contributed by atoms with Gasteiger partial charge >= 0.3 is 0 Å². The monoisotopic (exact) mass is 498 g/mol. The first-order chi connectivity index (χ1) is 18.2. The summed E-state index contributed by atoms with van der Waals surface area (Å²) in [6.07, 6.45) is 1.14. The van der Waals surface area contributed by atoms with E-state index >= 15 is 0 Å². The highest BCUT2D eigenvalue weighted by atomic mass is 16.7. The van der Waals surface area contributed by atoms with Gasteiger partial charge in [0, 0.05) is 41.7 Å². The Kier molecular flexibility index (Phi) is 6.14. The Bertz CT molecular complexity index is 1440. The predicted octanol–water partition coefficient (Wildman–Crippen LogP) is 5.23. The van der Waals surface area contributed by atoms with Crippen LogP contribution < -0.4 is 19.5 Å². The Morgan fingerprint density at radius 2 is 1.68 bits per heavy atom. The van der Waals surface area contributed by atoms with Crippen molar-refractivity contribution < 1.29 is 28.2 Å². The molecule has 1 saturated heterocycles. The second-order valence-electron chi connectivity index (χ2n) is 9.13. The molecule has 37 heavy (non-hydrogen) atoms. The van der Waals surface area contributed by atoms with Gasteiger partial charge < -0.3 is 28.8 Å². The summed E-state index contributed by atoms with van der Waals surface area (Å²) >= 11 is 0. The quantitative estimate of drug-likeness (QED) is 0.392. The van der Waals surface area contributed by atoms with E-state index in [0.717, 1.165) is 16.7 Å². The van der Waals surface area contributed by atoms with Gasteiger partial charge in [0.25, 0.3) is 5.91 Å². The Hall–Kier alpha value is -4.46. The first kappa shape index (κ1) is 23.0. The van der Waals surface area contributed by atoms with Crippen molar-refractivity contribution >= 4 is 28.5 Å². The fourth-order valence-corrected chi connectivity index (χ4v) is 4.79. The van der Waals surface area contributed by atoms with Gasteiger partial charge in [0.1, 0.15) is 17.9 Å². The van der Waals surface area contributed by atoms with Crippen molar-refractivity contribution in [3.63, 3.8) is 0 Å². The van der Waals surface area contributed by atoms with Crippen molar-refractivity contribution in [1.82, 2.24) is 4.90 Å². The van der Waals surface area contributed by atoms with Crippen LogP contribution in [0, 0.1) is 5.92 Å². The van der Waals surface area contributed by atoms with Crippen LogP contribution in [0.5, 0.6) is 17.2 Å². The number of fused-ring (bicyclic) bond motifs is 2. The van der Waals surface area contributed by atoms with Gasteiger partial charge in [-0.3, -0.25) is 9.59 Å². The topological polar surface area (TPSA) is 90.2 Å². The Morgan fingerprint density at radius 3 is 2.51 bits per heavy atom. The van der Waals surface area contributed by atoms with E-state index in [0.29, 0.717) is 54.5 Å². The summed E-state index contributed by atoms with van der Waals surface area (Å²) in [6, 6.07) is 22.4. The van der Waals surface area contributed by atoms with Gasteiger partial charge in [-0.15, -0.1) is 0 Å². The summed E-state index contributed by atoms with van der Waals surface area (Å²) in [5.74, 6) is 1.87. The number of hydrogen-bond donors (Lipinski definition) is 1. The third kappa shape index (κ3) is 4.70. The Morgan fingerprint density at radius 1 is 0.919 bits per heavy atom. The van der Waals surface area contributed by atoms with Crippen LogP contribution in [0.4, 0.5) is 5.69 Å². The van der Waals surface area contributed by atoms with Crippen LogP contribution >= 0.6 is 0 Å². The molecule has 2 aliphatic rings. The number of amides is 2. The van der Waals surface area contributed by atoms with E-state index < -0.39 is 0 Å². The van der Waals surface area contributed by atoms with E-state index in [4.69, 9.17) is 18.6 Å². The number of likely N-dealkylation sites (tertiary alicyclic amines) is 1. The van der Waals surface area contributed by atoms with E-state index in [-0.39, 0.29) is 31.1 Å². The predicted molar refractivity (Wildman–Crippen MR) is 137 cm³/mol. The molecule has 1 aromatic heterocycles. The van der Waals surface area contributed by atoms with Crippen LogP contribution in [-0.2, 0) is 11.4 Å². The first-order valence-electron chi connectivity index (χ1n) is 12.3. The standard InChI is InChI=1S/C29H26N2O6/c32-28(30-20-10-11-25-26(16-20)36-18-35-25)19-12-14-31(15-13-19)29(33)27-23(17-34-21-6-2-1-3-7-21)22-8-4-5-9-24(22)37-27/h1-11,16,19H,12-15,17-18H2,(H,30,32). The maximum Gasteiger partial charge on any atom is 0.290 e. The molecule has 2 amide bonds. The normalized spacial score (nSPS) is 15.1. The summed E-state index contributed by atoms with van der Waals surface area (Å²) < 4.78 is 22.7. The highest BCUT2D eigenvalue weighted by molar-refractivity contribution is 5.99. The largest absolute Gasteiger partial charge is 0.489 e. The summed E-state index contributed by atoms with van der Waals surface area (Å²) in [7, 11) is 0. The lowest BCUT2D eigenvalue weighted by molar-refractivity contribution is -0.121.